The van der Waals surface area contributed by atoms with Gasteiger partial charge in [-0.1, -0.05) is 12.1 Å². The molecule has 1 aromatic carbocycles. The van der Waals surface area contributed by atoms with Crippen molar-refractivity contribution in [3.63, 3.8) is 0 Å². The Balaban J connectivity index is 1.59. The van der Waals surface area contributed by atoms with E-state index in [2.05, 4.69) is 16.6 Å². The van der Waals surface area contributed by atoms with Gasteiger partial charge in [0.1, 0.15) is 0 Å². The van der Waals surface area contributed by atoms with Crippen LogP contribution >= 0.6 is 0 Å². The molecule has 1 saturated carbocycles. The lowest BCUT2D eigenvalue weighted by Gasteiger charge is -2.32. The van der Waals surface area contributed by atoms with Crippen LogP contribution in [0.15, 0.2) is 41.8 Å². The molecule has 142 valence electrons. The number of hydrogen-bond donors (Lipinski definition) is 2. The first kappa shape index (κ1) is 19.1. The number of benzene rings is 1. The predicted octanol–water partition coefficient (Wildman–Crippen LogP) is 1.76. The maximum Gasteiger partial charge on any atom is 0.253 e. The van der Waals surface area contributed by atoms with Gasteiger partial charge in [0, 0.05) is 31.2 Å². The summed E-state index contributed by atoms with van der Waals surface area (Å²) in [5.41, 5.74) is 0.413. The van der Waals surface area contributed by atoms with Crippen molar-refractivity contribution in [3.8, 4) is 0 Å². The molecular formula is C19H27N3O3S. The van der Waals surface area contributed by atoms with E-state index in [9.17, 15) is 13.2 Å². The van der Waals surface area contributed by atoms with Gasteiger partial charge < -0.3 is 10.2 Å². The summed E-state index contributed by atoms with van der Waals surface area (Å²) in [5, 5.41) is 3.60. The number of nitrogens with one attached hydrogen (secondary N) is 2. The molecule has 0 radical (unpaired) electrons. The van der Waals surface area contributed by atoms with Crippen molar-refractivity contribution in [1.29, 1.82) is 0 Å². The third-order valence-electron chi connectivity index (χ3n) is 4.98. The molecule has 1 heterocycles. The molecule has 1 saturated heterocycles. The molecule has 3 rings (SSSR count). The largest absolute Gasteiger partial charge is 0.339 e. The van der Waals surface area contributed by atoms with E-state index in [0.717, 1.165) is 25.3 Å². The molecule has 0 atom stereocenters. The van der Waals surface area contributed by atoms with Crippen LogP contribution < -0.4 is 10.0 Å². The molecule has 2 N–H and O–H groups in total. The number of nitrogens with zero attached hydrogens (tertiary/aromatic N) is 1. The summed E-state index contributed by atoms with van der Waals surface area (Å²) in [6, 6.07) is 6.71. The summed E-state index contributed by atoms with van der Waals surface area (Å²) in [5.74, 6) is 0.750. The molecule has 0 unspecified atom stereocenters. The van der Waals surface area contributed by atoms with Gasteiger partial charge in [0.25, 0.3) is 5.91 Å². The Hall–Kier alpha value is -1.70. The van der Waals surface area contributed by atoms with Gasteiger partial charge in [-0.15, -0.1) is 6.58 Å². The number of sulfonamides is 1. The average Bonchev–Trinajstić information content (AvgIpc) is 3.49. The lowest BCUT2D eigenvalue weighted by Crippen LogP contribution is -2.45. The first-order chi connectivity index (χ1) is 12.5. The van der Waals surface area contributed by atoms with Gasteiger partial charge in [0.2, 0.25) is 10.0 Å². The molecule has 1 amide bonds. The Morgan fingerprint density at radius 3 is 2.62 bits per heavy atom. The number of piperidine rings is 1. The lowest BCUT2D eigenvalue weighted by atomic mass is 10.0. The highest BCUT2D eigenvalue weighted by Gasteiger charge is 2.26. The van der Waals surface area contributed by atoms with Crippen LogP contribution in [0, 0.1) is 5.92 Å². The summed E-state index contributed by atoms with van der Waals surface area (Å²) < 4.78 is 26.9. The van der Waals surface area contributed by atoms with Crippen LogP contribution in [0.1, 0.15) is 36.0 Å². The van der Waals surface area contributed by atoms with Gasteiger partial charge in [-0.05, 0) is 56.3 Å². The maximum absolute atomic E-state index is 12.7. The van der Waals surface area contributed by atoms with Gasteiger partial charge in [-0.25, -0.2) is 13.1 Å². The quantitative estimate of drug-likeness (QED) is 0.677. The summed E-state index contributed by atoms with van der Waals surface area (Å²) >= 11 is 0. The third-order valence-corrected chi connectivity index (χ3v) is 6.40. The SMILES string of the molecule is C=CCNS(=O)(=O)c1cccc(C(=O)N2CCC(NCC3CC3)CC2)c1. The standard InChI is InChI=1S/C19H27N3O3S/c1-2-10-21-26(24,25)18-5-3-4-16(13-18)19(23)22-11-8-17(9-12-22)20-14-15-6-7-15/h2-5,13,15,17,20-21H,1,6-12,14H2. The molecule has 7 heteroatoms. The average molecular weight is 378 g/mol. The van der Waals surface area contributed by atoms with E-state index in [-0.39, 0.29) is 17.3 Å². The van der Waals surface area contributed by atoms with Crippen LogP contribution in [0.2, 0.25) is 0 Å². The highest BCUT2D eigenvalue weighted by molar-refractivity contribution is 7.89. The molecule has 0 aromatic heterocycles. The van der Waals surface area contributed by atoms with E-state index in [0.29, 0.717) is 24.7 Å². The lowest BCUT2D eigenvalue weighted by molar-refractivity contribution is 0.0704. The van der Waals surface area contributed by atoms with Gasteiger partial charge in [-0.3, -0.25) is 4.79 Å². The maximum atomic E-state index is 12.7. The van der Waals surface area contributed by atoms with Crippen molar-refractivity contribution in [1.82, 2.24) is 14.9 Å². The fourth-order valence-corrected chi connectivity index (χ4v) is 4.22. The van der Waals surface area contributed by atoms with Gasteiger partial charge in [-0.2, -0.15) is 0 Å². The third kappa shape index (κ3) is 4.93. The zero-order valence-corrected chi connectivity index (χ0v) is 15.8. The minimum atomic E-state index is -3.63. The summed E-state index contributed by atoms with van der Waals surface area (Å²) in [6.45, 7) is 6.15. The van der Waals surface area contributed by atoms with Gasteiger partial charge >= 0.3 is 0 Å². The molecule has 1 aliphatic carbocycles. The van der Waals surface area contributed by atoms with Crippen LogP contribution in [-0.2, 0) is 10.0 Å². The smallest absolute Gasteiger partial charge is 0.253 e. The summed E-state index contributed by atoms with van der Waals surface area (Å²) in [7, 11) is -3.63. The van der Waals surface area contributed by atoms with E-state index in [1.165, 1.54) is 31.1 Å². The van der Waals surface area contributed by atoms with Crippen molar-refractivity contribution in [2.75, 3.05) is 26.2 Å². The molecule has 1 aliphatic heterocycles. The zero-order valence-electron chi connectivity index (χ0n) is 15.0. The predicted molar refractivity (Wildman–Crippen MR) is 101 cm³/mol. The van der Waals surface area contributed by atoms with Crippen molar-refractivity contribution in [2.24, 2.45) is 5.92 Å². The van der Waals surface area contributed by atoms with Crippen LogP contribution in [0.4, 0.5) is 0 Å². The molecular weight excluding hydrogens is 350 g/mol. The highest BCUT2D eigenvalue weighted by atomic mass is 32.2. The number of hydrogen-bond acceptors (Lipinski definition) is 4. The Morgan fingerprint density at radius 2 is 1.96 bits per heavy atom. The van der Waals surface area contributed by atoms with Crippen LogP contribution in [0.25, 0.3) is 0 Å². The number of likely N-dealkylation sites (tertiary alicyclic amines) is 1. The first-order valence-corrected chi connectivity index (χ1v) is 10.7. The van der Waals surface area contributed by atoms with E-state index in [1.54, 1.807) is 12.1 Å². The van der Waals surface area contributed by atoms with Crippen molar-refractivity contribution >= 4 is 15.9 Å². The zero-order chi connectivity index (χ0) is 18.6. The minimum absolute atomic E-state index is 0.103. The van der Waals surface area contributed by atoms with Crippen LogP contribution in [0.5, 0.6) is 0 Å². The number of carbonyl (C=O) groups excluding carboxylic acids is 1. The molecule has 2 fully saturated rings. The van der Waals surface area contributed by atoms with Gasteiger partial charge in [0.15, 0.2) is 0 Å². The fraction of sp³-hybridized carbons (Fsp3) is 0.526. The normalized spacial score (nSPS) is 18.7. The van der Waals surface area contributed by atoms with Crippen molar-refractivity contribution in [3.05, 3.63) is 42.5 Å². The number of amides is 1. The van der Waals surface area contributed by atoms with Crippen molar-refractivity contribution in [2.45, 2.75) is 36.6 Å². The molecule has 1 aromatic rings. The molecule has 26 heavy (non-hydrogen) atoms. The Morgan fingerprint density at radius 1 is 1.23 bits per heavy atom. The van der Waals surface area contributed by atoms with E-state index in [4.69, 9.17) is 0 Å². The van der Waals surface area contributed by atoms with E-state index in [1.807, 2.05) is 4.90 Å². The fourth-order valence-electron chi connectivity index (χ4n) is 3.17. The first-order valence-electron chi connectivity index (χ1n) is 9.23. The molecule has 6 nitrogen and oxygen atoms in total. The molecule has 0 spiro atoms. The number of rotatable bonds is 8. The van der Waals surface area contributed by atoms with E-state index < -0.39 is 10.0 Å². The monoisotopic (exact) mass is 377 g/mol. The Bertz CT molecular complexity index is 751. The second kappa shape index (κ2) is 8.33. The molecule has 2 aliphatic rings. The second-order valence-corrected chi connectivity index (χ2v) is 8.85. The van der Waals surface area contributed by atoms with E-state index >= 15 is 0 Å². The second-order valence-electron chi connectivity index (χ2n) is 7.09. The Kier molecular flexibility index (Phi) is 6.11. The highest BCUT2D eigenvalue weighted by Crippen LogP contribution is 2.28. The number of carbonyl (C=O) groups is 1. The van der Waals surface area contributed by atoms with Crippen molar-refractivity contribution < 1.29 is 13.2 Å². The van der Waals surface area contributed by atoms with Crippen LogP contribution in [-0.4, -0.2) is 51.4 Å². The summed E-state index contributed by atoms with van der Waals surface area (Å²) in [6.07, 6.45) is 6.04. The van der Waals surface area contributed by atoms with Gasteiger partial charge in [0.05, 0.1) is 4.90 Å². The summed E-state index contributed by atoms with van der Waals surface area (Å²) in [4.78, 5) is 14.7. The topological polar surface area (TPSA) is 78.5 Å². The Labute approximate surface area is 155 Å². The molecule has 0 bridgehead atoms. The minimum Gasteiger partial charge on any atom is -0.339 e. The van der Waals surface area contributed by atoms with Crippen LogP contribution in [0.3, 0.4) is 0 Å².